The van der Waals surface area contributed by atoms with E-state index in [2.05, 4.69) is 172 Å². The number of benzene rings is 4. The van der Waals surface area contributed by atoms with Crippen molar-refractivity contribution in [2.75, 3.05) is 0 Å². The standard InChI is InChI=1S/C44H50Si2/c1-28(2)42-40(36-24-16-31(5)17-25-36)41(37-26-18-32(6)19-27-37)44(46(42,10)11)43-39(35-22-14-30(4)15-23-35)38(33(7)45(43,8)9)34-20-12-29(3)13-21-34/h12-28H,1-11H3. The van der Waals surface area contributed by atoms with Crippen molar-refractivity contribution in [3.63, 3.8) is 0 Å². The summed E-state index contributed by atoms with van der Waals surface area (Å²) in [6.45, 7) is 26.7. The SMILES string of the molecule is CC1=C(c2ccc(C)cc2)C(c2ccc(C)cc2)=C(C2=C(c3ccc(C)cc3)C(c3ccc(C)cc3)=C(C(C)C)[Si]2(C)C)[Si]1(C)C. The van der Waals surface area contributed by atoms with E-state index in [0.29, 0.717) is 5.92 Å². The molecule has 0 aromatic heterocycles. The molecule has 0 spiro atoms. The van der Waals surface area contributed by atoms with Gasteiger partial charge in [-0.1, -0.05) is 170 Å². The minimum Gasteiger partial charge on any atom is -0.0708 e. The van der Waals surface area contributed by atoms with Gasteiger partial charge >= 0.3 is 0 Å². The minimum absolute atomic E-state index is 0.455. The van der Waals surface area contributed by atoms with E-state index in [1.807, 2.05) is 0 Å². The molecule has 0 aliphatic carbocycles. The predicted molar refractivity (Wildman–Crippen MR) is 208 cm³/mol. The lowest BCUT2D eigenvalue weighted by atomic mass is 9.87. The summed E-state index contributed by atoms with van der Waals surface area (Å²) in [4.78, 5) is 0. The molecule has 0 radical (unpaired) electrons. The number of aryl methyl sites for hydroxylation is 4. The average molecular weight is 635 g/mol. The first kappa shape index (κ1) is 32.2. The van der Waals surface area contributed by atoms with Crippen LogP contribution in [0.3, 0.4) is 0 Å². The van der Waals surface area contributed by atoms with E-state index in [4.69, 9.17) is 0 Å². The summed E-state index contributed by atoms with van der Waals surface area (Å²) in [6.07, 6.45) is 0. The van der Waals surface area contributed by atoms with Crippen molar-refractivity contribution in [3.05, 3.63) is 162 Å². The summed E-state index contributed by atoms with van der Waals surface area (Å²) in [6, 6.07) is 37.4. The number of allylic oxidation sites excluding steroid dienone is 8. The Bertz CT molecular complexity index is 1940. The quantitative estimate of drug-likeness (QED) is 0.185. The van der Waals surface area contributed by atoms with Crippen LogP contribution in [0, 0.1) is 33.6 Å². The molecule has 4 aromatic carbocycles. The van der Waals surface area contributed by atoms with Crippen LogP contribution in [0.4, 0.5) is 0 Å². The van der Waals surface area contributed by atoms with E-state index in [-0.39, 0.29) is 0 Å². The van der Waals surface area contributed by atoms with Crippen molar-refractivity contribution < 1.29 is 0 Å². The second-order valence-corrected chi connectivity index (χ2v) is 23.9. The van der Waals surface area contributed by atoms with E-state index in [1.54, 1.807) is 20.8 Å². The Morgan fingerprint density at radius 2 is 0.652 bits per heavy atom. The first-order chi connectivity index (χ1) is 21.7. The third kappa shape index (κ3) is 5.30. The van der Waals surface area contributed by atoms with Crippen LogP contribution < -0.4 is 0 Å². The highest BCUT2D eigenvalue weighted by Gasteiger charge is 2.51. The lowest BCUT2D eigenvalue weighted by Gasteiger charge is -2.35. The normalized spacial score (nSPS) is 17.7. The van der Waals surface area contributed by atoms with Crippen molar-refractivity contribution in [1.82, 2.24) is 0 Å². The molecule has 4 aromatic rings. The van der Waals surface area contributed by atoms with Gasteiger partial charge in [-0.15, -0.1) is 0 Å². The summed E-state index contributed by atoms with van der Waals surface area (Å²) < 4.78 is 0. The zero-order valence-corrected chi connectivity index (χ0v) is 31.8. The molecular formula is C44H50Si2. The Morgan fingerprint density at radius 1 is 0.370 bits per heavy atom. The van der Waals surface area contributed by atoms with Gasteiger partial charge in [-0.3, -0.25) is 0 Å². The topological polar surface area (TPSA) is 0 Å². The Labute approximate surface area is 280 Å². The monoisotopic (exact) mass is 634 g/mol. The van der Waals surface area contributed by atoms with Gasteiger partial charge < -0.3 is 0 Å². The van der Waals surface area contributed by atoms with Crippen molar-refractivity contribution >= 4 is 38.4 Å². The molecule has 2 heterocycles. The zero-order valence-electron chi connectivity index (χ0n) is 29.8. The molecule has 0 nitrogen and oxygen atoms in total. The highest BCUT2D eigenvalue weighted by atomic mass is 28.3. The van der Waals surface area contributed by atoms with Gasteiger partial charge in [0.1, 0.15) is 16.1 Å². The van der Waals surface area contributed by atoms with Gasteiger partial charge in [-0.2, -0.15) is 0 Å². The fraction of sp³-hybridized carbons (Fsp3) is 0.273. The van der Waals surface area contributed by atoms with E-state index in [9.17, 15) is 0 Å². The summed E-state index contributed by atoms with van der Waals surface area (Å²) in [7, 11) is -4.31. The van der Waals surface area contributed by atoms with Crippen LogP contribution in [0.5, 0.6) is 0 Å². The Hall–Kier alpha value is -3.73. The van der Waals surface area contributed by atoms with Crippen LogP contribution in [-0.2, 0) is 0 Å². The molecular weight excluding hydrogens is 585 g/mol. The van der Waals surface area contributed by atoms with Crippen LogP contribution in [0.1, 0.15) is 65.3 Å². The van der Waals surface area contributed by atoms with Gasteiger partial charge in [0.15, 0.2) is 0 Å². The maximum atomic E-state index is 2.65. The lowest BCUT2D eigenvalue weighted by molar-refractivity contribution is 0.808. The van der Waals surface area contributed by atoms with Crippen LogP contribution >= 0.6 is 0 Å². The highest BCUT2D eigenvalue weighted by Crippen LogP contribution is 2.59. The van der Waals surface area contributed by atoms with Gasteiger partial charge in [0.05, 0.1) is 0 Å². The molecule has 0 atom stereocenters. The van der Waals surface area contributed by atoms with Crippen molar-refractivity contribution in [3.8, 4) is 0 Å². The Morgan fingerprint density at radius 3 is 1.00 bits per heavy atom. The fourth-order valence-electron chi connectivity index (χ4n) is 8.15. The molecule has 0 bridgehead atoms. The number of rotatable bonds is 6. The first-order valence-corrected chi connectivity index (χ1v) is 23.0. The maximum Gasteiger partial charge on any atom is 0.109 e. The molecule has 0 N–H and O–H groups in total. The third-order valence-electron chi connectivity index (χ3n) is 10.7. The van der Waals surface area contributed by atoms with Gasteiger partial charge in [0.25, 0.3) is 0 Å². The molecule has 0 saturated carbocycles. The van der Waals surface area contributed by atoms with Crippen molar-refractivity contribution in [2.45, 2.75) is 74.7 Å². The van der Waals surface area contributed by atoms with Crippen LogP contribution in [-0.4, -0.2) is 16.1 Å². The van der Waals surface area contributed by atoms with E-state index in [0.717, 1.165) is 0 Å². The third-order valence-corrected chi connectivity index (χ3v) is 18.7. The largest absolute Gasteiger partial charge is 0.109 e. The summed E-state index contributed by atoms with van der Waals surface area (Å²) >= 11 is 0. The molecule has 0 unspecified atom stereocenters. The first-order valence-electron chi connectivity index (χ1n) is 17.0. The fourth-order valence-corrected chi connectivity index (χ4v) is 17.2. The van der Waals surface area contributed by atoms with Gasteiger partial charge in [0.2, 0.25) is 0 Å². The molecule has 0 saturated heterocycles. The van der Waals surface area contributed by atoms with Crippen molar-refractivity contribution in [1.29, 1.82) is 0 Å². The smallest absolute Gasteiger partial charge is 0.0708 e. The van der Waals surface area contributed by atoms with Crippen LogP contribution in [0.15, 0.2) is 118 Å². The lowest BCUT2D eigenvalue weighted by Crippen LogP contribution is -2.40. The highest BCUT2D eigenvalue weighted by molar-refractivity contribution is 7.03. The molecule has 6 rings (SSSR count). The van der Waals surface area contributed by atoms with E-state index < -0.39 is 16.1 Å². The summed E-state index contributed by atoms with van der Waals surface area (Å²) in [5.74, 6) is 0.455. The van der Waals surface area contributed by atoms with Gasteiger partial charge in [-0.25, -0.2) is 0 Å². The van der Waals surface area contributed by atoms with E-state index >= 15 is 0 Å². The second kappa shape index (κ2) is 11.8. The molecule has 2 heteroatoms. The summed E-state index contributed by atoms with van der Waals surface area (Å²) in [5, 5.41) is 6.61. The van der Waals surface area contributed by atoms with Crippen LogP contribution in [0.25, 0.3) is 22.3 Å². The molecule has 46 heavy (non-hydrogen) atoms. The number of hydrogen-bond donors (Lipinski definition) is 0. The van der Waals surface area contributed by atoms with Crippen LogP contribution in [0.2, 0.25) is 26.2 Å². The second-order valence-electron chi connectivity index (χ2n) is 15.2. The Balaban J connectivity index is 1.80. The summed E-state index contributed by atoms with van der Waals surface area (Å²) in [5.41, 5.74) is 16.6. The minimum atomic E-state index is -2.18. The van der Waals surface area contributed by atoms with Crippen molar-refractivity contribution in [2.24, 2.45) is 5.92 Å². The maximum absolute atomic E-state index is 2.65. The molecule has 2 aliphatic rings. The average Bonchev–Trinajstić information content (AvgIpc) is 3.37. The molecule has 0 amide bonds. The Kier molecular flexibility index (Phi) is 8.28. The van der Waals surface area contributed by atoms with E-state index in [1.165, 1.54) is 66.8 Å². The predicted octanol–water partition coefficient (Wildman–Crippen LogP) is 12.3. The molecule has 2 aliphatic heterocycles. The van der Waals surface area contributed by atoms with Gasteiger partial charge in [0, 0.05) is 0 Å². The van der Waals surface area contributed by atoms with Gasteiger partial charge in [-0.05, 0) is 95.5 Å². The number of hydrogen-bond acceptors (Lipinski definition) is 0. The molecule has 234 valence electrons. The molecule has 0 fully saturated rings. The zero-order chi connectivity index (χ0) is 33.1.